The van der Waals surface area contributed by atoms with Gasteiger partial charge in [-0.1, -0.05) is 24.3 Å². The van der Waals surface area contributed by atoms with Crippen molar-refractivity contribution >= 4 is 11.2 Å². The van der Waals surface area contributed by atoms with E-state index in [1.807, 2.05) is 0 Å². The molecule has 2 aromatic carbocycles. The number of hydrogen-bond donors (Lipinski definition) is 1. The van der Waals surface area contributed by atoms with E-state index < -0.39 is 18.2 Å². The third-order valence-electron chi connectivity index (χ3n) is 4.95. The lowest BCUT2D eigenvalue weighted by Gasteiger charge is -2.10. The molecular formula is C22H15F3N6O2. The second kappa shape index (κ2) is 8.26. The van der Waals surface area contributed by atoms with E-state index in [2.05, 4.69) is 24.8 Å². The van der Waals surface area contributed by atoms with Gasteiger partial charge in [0.2, 0.25) is 5.95 Å². The summed E-state index contributed by atoms with van der Waals surface area (Å²) < 4.78 is 46.1. The molecule has 0 fully saturated rings. The topological polar surface area (TPSA) is 90.6 Å². The number of hydrogen-bond acceptors (Lipinski definition) is 5. The molecule has 0 aliphatic carbocycles. The lowest BCUT2D eigenvalue weighted by molar-refractivity contribution is -0.0494. The van der Waals surface area contributed by atoms with Gasteiger partial charge in [-0.2, -0.15) is 13.2 Å². The van der Waals surface area contributed by atoms with Crippen LogP contribution in [-0.4, -0.2) is 35.9 Å². The van der Waals surface area contributed by atoms with Crippen molar-refractivity contribution in [1.29, 1.82) is 0 Å². The number of imidazole rings is 1. The Hall–Kier alpha value is -4.41. The molecule has 166 valence electrons. The summed E-state index contributed by atoms with van der Waals surface area (Å²) in [6, 6.07) is 14.5. The number of ether oxygens (including phenoxy) is 1. The maximum atomic E-state index is 13.1. The summed E-state index contributed by atoms with van der Waals surface area (Å²) in [5, 5.41) is 3.72. The molecule has 5 aromatic rings. The summed E-state index contributed by atoms with van der Waals surface area (Å²) in [5.41, 5.74) is 2.04. The van der Waals surface area contributed by atoms with Crippen LogP contribution in [0.3, 0.4) is 0 Å². The van der Waals surface area contributed by atoms with Crippen molar-refractivity contribution in [2.24, 2.45) is 0 Å². The molecule has 5 rings (SSSR count). The van der Waals surface area contributed by atoms with E-state index in [4.69, 9.17) is 0 Å². The lowest BCUT2D eigenvalue weighted by atomic mass is 10.2. The van der Waals surface area contributed by atoms with Gasteiger partial charge < -0.3 is 9.72 Å². The first-order valence-electron chi connectivity index (χ1n) is 9.78. The highest BCUT2D eigenvalue weighted by Gasteiger charge is 2.16. The Balaban J connectivity index is 1.50. The van der Waals surface area contributed by atoms with Gasteiger partial charge in [-0.15, -0.1) is 5.10 Å². The maximum Gasteiger partial charge on any atom is 0.387 e. The summed E-state index contributed by atoms with van der Waals surface area (Å²) in [4.78, 5) is 23.9. The smallest absolute Gasteiger partial charge is 0.387 e. The molecule has 0 radical (unpaired) electrons. The first-order chi connectivity index (χ1) is 16.0. The van der Waals surface area contributed by atoms with E-state index in [0.29, 0.717) is 16.9 Å². The number of fused-ring (bicyclic) bond motifs is 1. The van der Waals surface area contributed by atoms with Crippen molar-refractivity contribution in [1.82, 2.24) is 29.3 Å². The Labute approximate surface area is 183 Å². The van der Waals surface area contributed by atoms with Crippen LogP contribution in [0.25, 0.3) is 28.2 Å². The zero-order valence-electron chi connectivity index (χ0n) is 16.8. The van der Waals surface area contributed by atoms with Crippen molar-refractivity contribution in [3.63, 3.8) is 0 Å². The number of benzene rings is 2. The summed E-state index contributed by atoms with van der Waals surface area (Å²) in [6.07, 6.45) is 2.92. The second-order valence-electron chi connectivity index (χ2n) is 7.07. The Morgan fingerprint density at radius 3 is 2.58 bits per heavy atom. The van der Waals surface area contributed by atoms with E-state index in [1.54, 1.807) is 42.5 Å². The number of nitrogens with zero attached hydrogens (tertiary/aromatic N) is 5. The molecule has 0 saturated carbocycles. The van der Waals surface area contributed by atoms with E-state index in [-0.39, 0.29) is 23.7 Å². The summed E-state index contributed by atoms with van der Waals surface area (Å²) in [6.45, 7) is -2.81. The Bertz CT molecular complexity index is 1490. The zero-order chi connectivity index (χ0) is 22.9. The normalized spacial score (nSPS) is 11.4. The fourth-order valence-corrected chi connectivity index (χ4v) is 3.45. The largest absolute Gasteiger partial charge is 0.434 e. The Morgan fingerprint density at radius 2 is 1.85 bits per heavy atom. The van der Waals surface area contributed by atoms with Crippen LogP contribution in [0, 0.1) is 5.95 Å². The van der Waals surface area contributed by atoms with Crippen LogP contribution < -0.4 is 10.4 Å². The molecule has 0 bridgehead atoms. The van der Waals surface area contributed by atoms with Crippen LogP contribution in [0.1, 0.15) is 5.56 Å². The van der Waals surface area contributed by atoms with Gasteiger partial charge in [-0.3, -0.25) is 4.57 Å². The van der Waals surface area contributed by atoms with Crippen molar-refractivity contribution in [2.75, 3.05) is 0 Å². The summed E-state index contributed by atoms with van der Waals surface area (Å²) in [5.74, 6) is -0.509. The quantitative estimate of drug-likeness (QED) is 0.424. The molecule has 0 aliphatic heterocycles. The molecule has 0 spiro atoms. The number of alkyl halides is 2. The first kappa shape index (κ1) is 20.5. The van der Waals surface area contributed by atoms with E-state index in [0.717, 1.165) is 5.56 Å². The average Bonchev–Trinajstić information content (AvgIpc) is 3.37. The predicted molar refractivity (Wildman–Crippen MR) is 113 cm³/mol. The van der Waals surface area contributed by atoms with Crippen LogP contribution >= 0.6 is 0 Å². The first-order valence-corrected chi connectivity index (χ1v) is 9.78. The minimum Gasteiger partial charge on any atom is -0.434 e. The number of para-hydroxylation sites is 1. The third kappa shape index (κ3) is 4.07. The van der Waals surface area contributed by atoms with Gasteiger partial charge in [0.1, 0.15) is 11.3 Å². The van der Waals surface area contributed by atoms with E-state index >= 15 is 0 Å². The molecule has 1 N–H and O–H groups in total. The van der Waals surface area contributed by atoms with Gasteiger partial charge in [-0.05, 0) is 29.8 Å². The molecule has 0 amide bonds. The molecule has 8 nitrogen and oxygen atoms in total. The average molecular weight is 452 g/mol. The zero-order valence-corrected chi connectivity index (χ0v) is 16.8. The highest BCUT2D eigenvalue weighted by atomic mass is 19.3. The van der Waals surface area contributed by atoms with Crippen molar-refractivity contribution in [3.8, 4) is 22.8 Å². The van der Waals surface area contributed by atoms with Gasteiger partial charge >= 0.3 is 12.3 Å². The molecule has 0 saturated heterocycles. The fourth-order valence-electron chi connectivity index (χ4n) is 3.45. The highest BCUT2D eigenvalue weighted by Crippen LogP contribution is 2.29. The Kier molecular flexibility index (Phi) is 5.13. The van der Waals surface area contributed by atoms with Gasteiger partial charge in [0.05, 0.1) is 24.0 Å². The molecule has 3 aromatic heterocycles. The number of aromatic amines is 1. The standard InChI is InChI=1S/C22H15F3N6O2/c23-18-9-10-31(29-18)14-7-5-13(6-8-14)12-30-20-16(27-22(30)32)11-26-19(28-20)15-3-1-2-4-17(15)33-21(24)25/h1-11,21H,12H2,(H,27,32). The number of H-pyrrole nitrogens is 1. The molecule has 33 heavy (non-hydrogen) atoms. The monoisotopic (exact) mass is 452 g/mol. The van der Waals surface area contributed by atoms with Crippen LogP contribution in [0.15, 0.2) is 71.8 Å². The SMILES string of the molecule is O=c1[nH]c2cnc(-c3ccccc3OC(F)F)nc2n1Cc1ccc(-n2ccc(F)n2)cc1. The molecule has 3 heterocycles. The number of aromatic nitrogens is 6. The van der Waals surface area contributed by atoms with Crippen LogP contribution in [-0.2, 0) is 6.54 Å². The van der Waals surface area contributed by atoms with Crippen LogP contribution in [0.2, 0.25) is 0 Å². The van der Waals surface area contributed by atoms with E-state index in [9.17, 15) is 18.0 Å². The van der Waals surface area contributed by atoms with Crippen molar-refractivity contribution < 1.29 is 17.9 Å². The minimum absolute atomic E-state index is 0.0677. The molecule has 0 unspecified atom stereocenters. The van der Waals surface area contributed by atoms with Crippen LogP contribution in [0.5, 0.6) is 5.75 Å². The predicted octanol–water partition coefficient (Wildman–Crippen LogP) is 3.76. The van der Waals surface area contributed by atoms with Gasteiger partial charge in [-0.25, -0.2) is 19.4 Å². The van der Waals surface area contributed by atoms with Crippen molar-refractivity contribution in [2.45, 2.75) is 13.2 Å². The Morgan fingerprint density at radius 1 is 1.06 bits per heavy atom. The second-order valence-corrected chi connectivity index (χ2v) is 7.07. The van der Waals surface area contributed by atoms with Crippen molar-refractivity contribution in [3.05, 3.63) is 89.0 Å². The van der Waals surface area contributed by atoms with Gasteiger partial charge in [0.15, 0.2) is 11.5 Å². The van der Waals surface area contributed by atoms with Gasteiger partial charge in [0.25, 0.3) is 0 Å². The number of rotatable bonds is 6. The maximum absolute atomic E-state index is 13.1. The highest BCUT2D eigenvalue weighted by molar-refractivity contribution is 5.74. The fraction of sp³-hybridized carbons (Fsp3) is 0.0909. The van der Waals surface area contributed by atoms with E-state index in [1.165, 1.54) is 33.8 Å². The van der Waals surface area contributed by atoms with Crippen LogP contribution in [0.4, 0.5) is 13.2 Å². The molecule has 0 aliphatic rings. The third-order valence-corrected chi connectivity index (χ3v) is 4.95. The molecule has 0 atom stereocenters. The van der Waals surface area contributed by atoms with Gasteiger partial charge in [0, 0.05) is 12.3 Å². The number of halogens is 3. The summed E-state index contributed by atoms with van der Waals surface area (Å²) >= 11 is 0. The molecule has 11 heteroatoms. The lowest BCUT2D eigenvalue weighted by Crippen LogP contribution is -2.17. The summed E-state index contributed by atoms with van der Waals surface area (Å²) in [7, 11) is 0. The minimum atomic E-state index is -3.00. The number of nitrogens with one attached hydrogen (secondary N) is 1. The molecular weight excluding hydrogens is 437 g/mol.